The largest absolute Gasteiger partial charge is 0.463 e. The molecule has 3 aromatic rings. The number of nitrogens with zero attached hydrogens (tertiary/aromatic N) is 3. The van der Waals surface area contributed by atoms with Gasteiger partial charge in [0.25, 0.3) is 5.91 Å². The van der Waals surface area contributed by atoms with Crippen molar-refractivity contribution in [3.8, 4) is 17.4 Å². The topological polar surface area (TPSA) is 57.0 Å². The molecule has 0 amide bonds. The quantitative estimate of drug-likeness (QED) is 0.721. The number of hydrogen-bond acceptors (Lipinski definition) is 4. The van der Waals surface area contributed by atoms with Gasteiger partial charge in [0.15, 0.2) is 5.82 Å². The van der Waals surface area contributed by atoms with E-state index in [0.29, 0.717) is 23.0 Å². The van der Waals surface area contributed by atoms with Crippen molar-refractivity contribution in [2.75, 3.05) is 6.61 Å². The molecule has 1 aromatic heterocycles. The second-order valence-electron chi connectivity index (χ2n) is 4.89. The van der Waals surface area contributed by atoms with E-state index in [1.165, 1.54) is 24.3 Å². The molecule has 0 N–H and O–H groups in total. The van der Waals surface area contributed by atoms with Crippen LogP contribution >= 0.6 is 11.6 Å². The second kappa shape index (κ2) is 6.80. The van der Waals surface area contributed by atoms with Gasteiger partial charge in [0.2, 0.25) is 0 Å². The van der Waals surface area contributed by atoms with Gasteiger partial charge in [0.05, 0.1) is 6.61 Å². The van der Waals surface area contributed by atoms with E-state index in [1.807, 2.05) is 0 Å². The van der Waals surface area contributed by atoms with E-state index in [4.69, 9.17) is 16.3 Å². The summed E-state index contributed by atoms with van der Waals surface area (Å²) in [4.78, 5) is 17.0. The summed E-state index contributed by atoms with van der Waals surface area (Å²) in [6, 6.07) is 12.2. The zero-order chi connectivity index (χ0) is 17.1. The van der Waals surface area contributed by atoms with Crippen LogP contribution < -0.4 is 4.74 Å². The summed E-state index contributed by atoms with van der Waals surface area (Å²) in [5, 5.41) is 4.61. The van der Waals surface area contributed by atoms with Crippen LogP contribution in [0.4, 0.5) is 4.39 Å². The highest BCUT2D eigenvalue weighted by Gasteiger charge is 2.20. The van der Waals surface area contributed by atoms with Gasteiger partial charge in [-0.05, 0) is 43.3 Å². The van der Waals surface area contributed by atoms with Crippen LogP contribution in [0.2, 0.25) is 5.02 Å². The molecule has 0 atom stereocenters. The summed E-state index contributed by atoms with van der Waals surface area (Å²) >= 11 is 6.01. The van der Waals surface area contributed by atoms with Gasteiger partial charge in [-0.3, -0.25) is 4.79 Å². The first-order valence-corrected chi connectivity index (χ1v) is 7.62. The first-order valence-electron chi connectivity index (χ1n) is 7.24. The number of carbonyl (C=O) groups excluding carboxylic acids is 1. The Hall–Kier alpha value is -2.73. The zero-order valence-corrected chi connectivity index (χ0v) is 13.5. The monoisotopic (exact) mass is 345 g/mol. The molecule has 0 radical (unpaired) electrons. The van der Waals surface area contributed by atoms with Crippen LogP contribution in [-0.4, -0.2) is 27.3 Å². The number of rotatable bonds is 4. The lowest BCUT2D eigenvalue weighted by Gasteiger charge is -2.05. The summed E-state index contributed by atoms with van der Waals surface area (Å²) in [5.74, 6) is -0.561. The van der Waals surface area contributed by atoms with Crippen LogP contribution in [0, 0.1) is 5.82 Å². The molecular weight excluding hydrogens is 333 g/mol. The lowest BCUT2D eigenvalue weighted by molar-refractivity contribution is 0.0945. The van der Waals surface area contributed by atoms with E-state index in [-0.39, 0.29) is 11.6 Å². The van der Waals surface area contributed by atoms with Crippen molar-refractivity contribution in [3.05, 3.63) is 64.9 Å². The Bertz CT molecular complexity index is 878. The first kappa shape index (κ1) is 16.1. The average Bonchev–Trinajstić information content (AvgIpc) is 2.99. The van der Waals surface area contributed by atoms with E-state index in [2.05, 4.69) is 10.1 Å². The standard InChI is InChI=1S/C17H13ClFN3O2/c1-2-24-17-20-15(12-4-3-5-13(18)10-12)22(21-17)16(23)11-6-8-14(19)9-7-11/h3-10H,2H2,1H3. The minimum atomic E-state index is -0.441. The molecule has 0 saturated heterocycles. The molecule has 24 heavy (non-hydrogen) atoms. The lowest BCUT2D eigenvalue weighted by atomic mass is 10.2. The molecule has 0 fully saturated rings. The van der Waals surface area contributed by atoms with Crippen LogP contribution in [0.3, 0.4) is 0 Å². The summed E-state index contributed by atoms with van der Waals surface area (Å²) in [7, 11) is 0. The van der Waals surface area contributed by atoms with Crippen LogP contribution in [-0.2, 0) is 0 Å². The number of benzene rings is 2. The number of aromatic nitrogens is 3. The van der Waals surface area contributed by atoms with E-state index >= 15 is 0 Å². The Morgan fingerprint density at radius 3 is 2.67 bits per heavy atom. The predicted octanol–water partition coefficient (Wildman–Crippen LogP) is 3.82. The number of halogens is 2. The maximum atomic E-state index is 13.1. The van der Waals surface area contributed by atoms with Crippen LogP contribution in [0.1, 0.15) is 17.3 Å². The third-order valence-electron chi connectivity index (χ3n) is 3.23. The molecule has 0 aliphatic carbocycles. The highest BCUT2D eigenvalue weighted by molar-refractivity contribution is 6.30. The van der Waals surface area contributed by atoms with Gasteiger partial charge in [0, 0.05) is 16.1 Å². The van der Waals surface area contributed by atoms with Crippen molar-refractivity contribution in [1.82, 2.24) is 14.8 Å². The van der Waals surface area contributed by atoms with E-state index in [1.54, 1.807) is 31.2 Å². The zero-order valence-electron chi connectivity index (χ0n) is 12.7. The Labute approximate surface area is 142 Å². The number of hydrogen-bond donors (Lipinski definition) is 0. The summed E-state index contributed by atoms with van der Waals surface area (Å²) in [6.45, 7) is 2.16. The maximum Gasteiger partial charge on any atom is 0.336 e. The number of ether oxygens (including phenoxy) is 1. The van der Waals surface area contributed by atoms with E-state index in [0.717, 1.165) is 4.68 Å². The molecule has 1 heterocycles. The molecule has 7 heteroatoms. The van der Waals surface area contributed by atoms with Gasteiger partial charge in [0.1, 0.15) is 5.82 Å². The van der Waals surface area contributed by atoms with Crippen molar-refractivity contribution in [2.45, 2.75) is 6.92 Å². The fourth-order valence-electron chi connectivity index (χ4n) is 2.15. The highest BCUT2D eigenvalue weighted by atomic mass is 35.5. The third-order valence-corrected chi connectivity index (χ3v) is 3.46. The molecule has 3 rings (SSSR count). The van der Waals surface area contributed by atoms with E-state index < -0.39 is 11.7 Å². The third kappa shape index (κ3) is 3.28. The molecule has 0 bridgehead atoms. The van der Waals surface area contributed by atoms with Crippen molar-refractivity contribution in [1.29, 1.82) is 0 Å². The lowest BCUT2D eigenvalue weighted by Crippen LogP contribution is -2.15. The molecule has 0 spiro atoms. The molecule has 5 nitrogen and oxygen atoms in total. The van der Waals surface area contributed by atoms with Crippen LogP contribution in [0.15, 0.2) is 48.5 Å². The molecule has 122 valence electrons. The Kier molecular flexibility index (Phi) is 4.57. The highest BCUT2D eigenvalue weighted by Crippen LogP contribution is 2.24. The molecular formula is C17H13ClFN3O2. The van der Waals surface area contributed by atoms with Crippen molar-refractivity contribution in [2.24, 2.45) is 0 Å². The fourth-order valence-corrected chi connectivity index (χ4v) is 2.34. The van der Waals surface area contributed by atoms with Gasteiger partial charge in [-0.15, -0.1) is 5.10 Å². The molecule has 2 aromatic carbocycles. The predicted molar refractivity (Wildman–Crippen MR) is 87.8 cm³/mol. The molecule has 0 aliphatic heterocycles. The molecule has 0 saturated carbocycles. The smallest absolute Gasteiger partial charge is 0.336 e. The van der Waals surface area contributed by atoms with Crippen molar-refractivity contribution < 1.29 is 13.9 Å². The minimum Gasteiger partial charge on any atom is -0.463 e. The van der Waals surface area contributed by atoms with Gasteiger partial charge < -0.3 is 4.74 Å². The van der Waals surface area contributed by atoms with E-state index in [9.17, 15) is 9.18 Å². The van der Waals surface area contributed by atoms with Gasteiger partial charge >= 0.3 is 6.01 Å². The number of carbonyl (C=O) groups is 1. The minimum absolute atomic E-state index is 0.0861. The summed E-state index contributed by atoms with van der Waals surface area (Å²) in [6.07, 6.45) is 0. The van der Waals surface area contributed by atoms with Crippen LogP contribution in [0.5, 0.6) is 6.01 Å². The van der Waals surface area contributed by atoms with Gasteiger partial charge in [-0.2, -0.15) is 9.67 Å². The Balaban J connectivity index is 2.08. The Morgan fingerprint density at radius 1 is 1.25 bits per heavy atom. The SMILES string of the molecule is CCOc1nc(-c2cccc(Cl)c2)n(C(=O)c2ccc(F)cc2)n1. The normalized spacial score (nSPS) is 10.6. The summed E-state index contributed by atoms with van der Waals surface area (Å²) in [5.41, 5.74) is 0.907. The van der Waals surface area contributed by atoms with Gasteiger partial charge in [-0.25, -0.2) is 4.39 Å². The average molecular weight is 346 g/mol. The Morgan fingerprint density at radius 2 is 2.00 bits per heavy atom. The summed E-state index contributed by atoms with van der Waals surface area (Å²) < 4.78 is 19.5. The fraction of sp³-hybridized carbons (Fsp3) is 0.118. The van der Waals surface area contributed by atoms with Gasteiger partial charge in [-0.1, -0.05) is 23.7 Å². The second-order valence-corrected chi connectivity index (χ2v) is 5.32. The van der Waals surface area contributed by atoms with Crippen LogP contribution in [0.25, 0.3) is 11.4 Å². The molecule has 0 aliphatic rings. The van der Waals surface area contributed by atoms with Crippen molar-refractivity contribution >= 4 is 17.5 Å². The first-order chi connectivity index (χ1) is 11.6. The molecule has 0 unspecified atom stereocenters. The maximum absolute atomic E-state index is 13.1. The van der Waals surface area contributed by atoms with Crippen molar-refractivity contribution in [3.63, 3.8) is 0 Å².